The van der Waals surface area contributed by atoms with Gasteiger partial charge in [0.25, 0.3) is 0 Å². The molecule has 0 heterocycles. The lowest BCUT2D eigenvalue weighted by Gasteiger charge is -2.09. The first-order valence-corrected chi connectivity index (χ1v) is 7.55. The maximum atomic E-state index is 13.0. The lowest BCUT2D eigenvalue weighted by atomic mass is 10.3. The summed E-state index contributed by atoms with van der Waals surface area (Å²) in [6.07, 6.45) is 0. The van der Waals surface area contributed by atoms with Gasteiger partial charge in [0.15, 0.2) is 0 Å². The Bertz CT molecular complexity index is 479. The lowest BCUT2D eigenvalue weighted by molar-refractivity contribution is 0.597. The molecule has 4 nitrogen and oxygen atoms in total. The van der Waals surface area contributed by atoms with Crippen molar-refractivity contribution in [3.05, 3.63) is 28.5 Å². The van der Waals surface area contributed by atoms with Crippen LogP contribution in [-0.2, 0) is 10.0 Å². The van der Waals surface area contributed by atoms with Gasteiger partial charge in [-0.25, -0.2) is 12.8 Å². The largest absolute Gasteiger partial charge is 0.316 e. The molecule has 0 fully saturated rings. The second kappa shape index (κ2) is 6.32. The minimum Gasteiger partial charge on any atom is -0.316 e. The molecule has 7 heteroatoms. The summed E-state index contributed by atoms with van der Waals surface area (Å²) in [5.74, 6) is -0.540. The third-order valence-electron chi connectivity index (χ3n) is 1.99. The van der Waals surface area contributed by atoms with Crippen LogP contribution < -0.4 is 10.0 Å². The van der Waals surface area contributed by atoms with Gasteiger partial charge >= 0.3 is 0 Å². The molecular weight excluding hydrogens is 311 g/mol. The molecular formula is C10H14BrFN2O2S. The molecule has 0 radical (unpaired) electrons. The average Bonchev–Trinajstić information content (AvgIpc) is 2.23. The number of hydrogen-bond donors (Lipinski definition) is 2. The fourth-order valence-electron chi connectivity index (χ4n) is 1.18. The molecule has 1 rings (SSSR count). The normalized spacial score (nSPS) is 11.5. The van der Waals surface area contributed by atoms with Gasteiger partial charge in [-0.1, -0.05) is 6.92 Å². The van der Waals surface area contributed by atoms with E-state index in [9.17, 15) is 12.8 Å². The Morgan fingerprint density at radius 2 is 2.12 bits per heavy atom. The standard InChI is InChI=1S/C10H14BrFN2O2S/c1-2-13-5-6-17(15,16)14-10-7-8(12)3-4-9(10)11/h3-4,7,13-14H,2,5-6H2,1H3. The first-order valence-electron chi connectivity index (χ1n) is 5.11. The van der Waals surface area contributed by atoms with Gasteiger partial charge in [0.2, 0.25) is 10.0 Å². The molecule has 2 N–H and O–H groups in total. The van der Waals surface area contributed by atoms with Gasteiger partial charge in [-0.2, -0.15) is 0 Å². The second-order valence-electron chi connectivity index (χ2n) is 3.40. The van der Waals surface area contributed by atoms with Crippen molar-refractivity contribution in [3.63, 3.8) is 0 Å². The van der Waals surface area contributed by atoms with Crippen LogP contribution >= 0.6 is 15.9 Å². The van der Waals surface area contributed by atoms with E-state index in [-0.39, 0.29) is 11.4 Å². The summed E-state index contributed by atoms with van der Waals surface area (Å²) < 4.78 is 39.1. The number of anilines is 1. The maximum absolute atomic E-state index is 13.0. The zero-order chi connectivity index (χ0) is 12.9. The molecule has 0 saturated heterocycles. The zero-order valence-electron chi connectivity index (χ0n) is 9.33. The molecule has 0 saturated carbocycles. The smallest absolute Gasteiger partial charge is 0.234 e. The van der Waals surface area contributed by atoms with Gasteiger partial charge in [-0.3, -0.25) is 4.72 Å². The van der Waals surface area contributed by atoms with Crippen LogP contribution in [0.2, 0.25) is 0 Å². The summed E-state index contributed by atoms with van der Waals surface area (Å²) >= 11 is 3.16. The topological polar surface area (TPSA) is 58.2 Å². The molecule has 0 spiro atoms. The number of halogens is 2. The van der Waals surface area contributed by atoms with E-state index in [1.165, 1.54) is 12.1 Å². The predicted molar refractivity (Wildman–Crippen MR) is 70.1 cm³/mol. The van der Waals surface area contributed by atoms with Crippen molar-refractivity contribution < 1.29 is 12.8 Å². The van der Waals surface area contributed by atoms with Crippen LogP contribution in [-0.4, -0.2) is 27.3 Å². The van der Waals surface area contributed by atoms with Crippen LogP contribution in [0.1, 0.15) is 6.92 Å². The van der Waals surface area contributed by atoms with Crippen molar-refractivity contribution in [3.8, 4) is 0 Å². The average molecular weight is 325 g/mol. The summed E-state index contributed by atoms with van der Waals surface area (Å²) in [5, 5.41) is 2.91. The maximum Gasteiger partial charge on any atom is 0.234 e. The molecule has 0 unspecified atom stereocenters. The van der Waals surface area contributed by atoms with Crippen LogP contribution in [0.4, 0.5) is 10.1 Å². The number of rotatable bonds is 6. The first kappa shape index (κ1) is 14.4. The third-order valence-corrected chi connectivity index (χ3v) is 3.96. The monoisotopic (exact) mass is 324 g/mol. The molecule has 1 aromatic rings. The van der Waals surface area contributed by atoms with E-state index in [1.807, 2.05) is 6.92 Å². The highest BCUT2D eigenvalue weighted by Gasteiger charge is 2.12. The van der Waals surface area contributed by atoms with Gasteiger partial charge in [0.1, 0.15) is 5.82 Å². The van der Waals surface area contributed by atoms with Crippen LogP contribution in [0, 0.1) is 5.82 Å². The highest BCUT2D eigenvalue weighted by atomic mass is 79.9. The van der Waals surface area contributed by atoms with Gasteiger partial charge in [0.05, 0.1) is 11.4 Å². The van der Waals surface area contributed by atoms with Crippen LogP contribution in [0.25, 0.3) is 0 Å². The molecule has 0 atom stereocenters. The van der Waals surface area contributed by atoms with Gasteiger partial charge in [-0.15, -0.1) is 0 Å². The Kier molecular flexibility index (Phi) is 5.35. The summed E-state index contributed by atoms with van der Waals surface area (Å²) in [4.78, 5) is 0. The fraction of sp³-hybridized carbons (Fsp3) is 0.400. The zero-order valence-corrected chi connectivity index (χ0v) is 11.7. The van der Waals surface area contributed by atoms with Gasteiger partial charge in [-0.05, 0) is 40.7 Å². The van der Waals surface area contributed by atoms with Crippen molar-refractivity contribution in [2.24, 2.45) is 0 Å². The SMILES string of the molecule is CCNCCS(=O)(=O)Nc1cc(F)ccc1Br. The number of nitrogens with one attached hydrogen (secondary N) is 2. The Morgan fingerprint density at radius 1 is 1.41 bits per heavy atom. The van der Waals surface area contributed by atoms with E-state index in [2.05, 4.69) is 26.0 Å². The summed E-state index contributed by atoms with van der Waals surface area (Å²) in [6, 6.07) is 3.84. The van der Waals surface area contributed by atoms with E-state index in [0.29, 0.717) is 17.6 Å². The molecule has 0 bridgehead atoms. The van der Waals surface area contributed by atoms with E-state index >= 15 is 0 Å². The third kappa shape index (κ3) is 5.01. The van der Waals surface area contributed by atoms with Crippen LogP contribution in [0.5, 0.6) is 0 Å². The molecule has 17 heavy (non-hydrogen) atoms. The van der Waals surface area contributed by atoms with Crippen molar-refractivity contribution >= 4 is 31.6 Å². The van der Waals surface area contributed by atoms with Crippen LogP contribution in [0.3, 0.4) is 0 Å². The highest BCUT2D eigenvalue weighted by molar-refractivity contribution is 9.10. The van der Waals surface area contributed by atoms with Gasteiger partial charge in [0, 0.05) is 11.0 Å². The number of benzene rings is 1. The molecule has 0 aliphatic carbocycles. The highest BCUT2D eigenvalue weighted by Crippen LogP contribution is 2.23. The first-order chi connectivity index (χ1) is 7.94. The van der Waals surface area contributed by atoms with E-state index in [1.54, 1.807) is 0 Å². The van der Waals surface area contributed by atoms with E-state index in [0.717, 1.165) is 6.07 Å². The van der Waals surface area contributed by atoms with Crippen LogP contribution in [0.15, 0.2) is 22.7 Å². The van der Waals surface area contributed by atoms with Crippen molar-refractivity contribution in [2.75, 3.05) is 23.6 Å². The number of hydrogen-bond acceptors (Lipinski definition) is 3. The predicted octanol–water partition coefficient (Wildman–Crippen LogP) is 1.94. The quantitative estimate of drug-likeness (QED) is 0.786. The molecule has 0 amide bonds. The number of sulfonamides is 1. The van der Waals surface area contributed by atoms with E-state index < -0.39 is 15.8 Å². The van der Waals surface area contributed by atoms with Crippen molar-refractivity contribution in [1.29, 1.82) is 0 Å². The fourth-order valence-corrected chi connectivity index (χ4v) is 2.67. The minimum absolute atomic E-state index is 0.0518. The molecule has 0 aromatic heterocycles. The Labute approximate surface area is 109 Å². The van der Waals surface area contributed by atoms with Crippen molar-refractivity contribution in [2.45, 2.75) is 6.92 Å². The molecule has 96 valence electrons. The Balaban J connectivity index is 2.72. The molecule has 1 aromatic carbocycles. The summed E-state index contributed by atoms with van der Waals surface area (Å²) in [5.41, 5.74) is 0.210. The second-order valence-corrected chi connectivity index (χ2v) is 6.09. The Morgan fingerprint density at radius 3 is 2.76 bits per heavy atom. The summed E-state index contributed by atoms with van der Waals surface area (Å²) in [7, 11) is -3.46. The molecule has 0 aliphatic heterocycles. The summed E-state index contributed by atoms with van der Waals surface area (Å²) in [6.45, 7) is 2.96. The van der Waals surface area contributed by atoms with E-state index in [4.69, 9.17) is 0 Å². The van der Waals surface area contributed by atoms with Crippen molar-refractivity contribution in [1.82, 2.24) is 5.32 Å². The minimum atomic E-state index is -3.46. The lowest BCUT2D eigenvalue weighted by Crippen LogP contribution is -2.26. The Hall–Kier alpha value is -0.660. The van der Waals surface area contributed by atoms with Gasteiger partial charge < -0.3 is 5.32 Å². The molecule has 0 aliphatic rings.